The maximum Gasteiger partial charge on any atom is 0.328 e. The third-order valence-electron chi connectivity index (χ3n) is 7.66. The first-order valence-electron chi connectivity index (χ1n) is 11.1. The predicted molar refractivity (Wildman–Crippen MR) is 118 cm³/mol. The highest BCUT2D eigenvalue weighted by Crippen LogP contribution is 2.76. The summed E-state index contributed by atoms with van der Waals surface area (Å²) in [6.07, 6.45) is 5.36. The Labute approximate surface area is 184 Å². The van der Waals surface area contributed by atoms with Gasteiger partial charge in [0.15, 0.2) is 0 Å². The molecule has 2 unspecified atom stereocenters. The number of rotatable bonds is 5. The van der Waals surface area contributed by atoms with E-state index in [-0.39, 0.29) is 17.2 Å². The number of halogens is 2. The quantitative estimate of drug-likeness (QED) is 0.537. The molecule has 4 nitrogen and oxygen atoms in total. The van der Waals surface area contributed by atoms with E-state index in [1.54, 1.807) is 0 Å². The Hall–Kier alpha value is -2.99. The van der Waals surface area contributed by atoms with Gasteiger partial charge in [0.1, 0.15) is 11.6 Å². The summed E-state index contributed by atoms with van der Waals surface area (Å²) in [5.74, 6) is -1.68. The van der Waals surface area contributed by atoms with Crippen molar-refractivity contribution < 1.29 is 18.7 Å². The van der Waals surface area contributed by atoms with Crippen molar-refractivity contribution in [2.75, 3.05) is 6.54 Å². The van der Waals surface area contributed by atoms with Gasteiger partial charge in [-0.1, -0.05) is 18.2 Å². The van der Waals surface area contributed by atoms with Crippen molar-refractivity contribution in [3.8, 4) is 0 Å². The molecule has 3 aliphatic rings. The molecule has 2 fully saturated rings. The van der Waals surface area contributed by atoms with Crippen LogP contribution in [-0.2, 0) is 11.2 Å². The normalized spacial score (nSPS) is 28.7. The molecular formula is C26H24F2N2O2. The van der Waals surface area contributed by atoms with E-state index >= 15 is 8.78 Å². The van der Waals surface area contributed by atoms with Crippen LogP contribution >= 0.6 is 0 Å². The third kappa shape index (κ3) is 3.00. The van der Waals surface area contributed by atoms with Gasteiger partial charge >= 0.3 is 5.97 Å². The smallest absolute Gasteiger partial charge is 0.328 e. The van der Waals surface area contributed by atoms with Crippen molar-refractivity contribution in [1.82, 2.24) is 9.88 Å². The van der Waals surface area contributed by atoms with Gasteiger partial charge in [0.25, 0.3) is 0 Å². The monoisotopic (exact) mass is 434 g/mol. The molecule has 0 radical (unpaired) electrons. The van der Waals surface area contributed by atoms with Crippen LogP contribution in [0.15, 0.2) is 42.5 Å². The summed E-state index contributed by atoms with van der Waals surface area (Å²) >= 11 is 0. The van der Waals surface area contributed by atoms with Gasteiger partial charge in [-0.15, -0.1) is 0 Å². The molecule has 3 aromatic rings. The molecule has 1 aromatic heterocycles. The van der Waals surface area contributed by atoms with Crippen molar-refractivity contribution in [2.24, 2.45) is 11.3 Å². The molecule has 2 saturated carbocycles. The summed E-state index contributed by atoms with van der Waals surface area (Å²) in [7, 11) is 0. The van der Waals surface area contributed by atoms with E-state index in [0.717, 1.165) is 47.1 Å². The minimum Gasteiger partial charge on any atom is -0.478 e. The van der Waals surface area contributed by atoms with Crippen LogP contribution in [0.25, 0.3) is 17.0 Å². The van der Waals surface area contributed by atoms with Crippen LogP contribution in [0.1, 0.15) is 48.2 Å². The van der Waals surface area contributed by atoms with Crippen LogP contribution in [0, 0.1) is 23.0 Å². The number of nitrogens with zero attached hydrogens (tertiary/aromatic N) is 1. The highest BCUT2D eigenvalue weighted by Gasteiger charge is 2.70. The number of para-hydroxylation sites is 1. The molecule has 2 heterocycles. The van der Waals surface area contributed by atoms with Crippen LogP contribution in [-0.4, -0.2) is 33.5 Å². The number of hydrogen-bond donors (Lipinski definition) is 2. The molecule has 1 aliphatic heterocycles. The topological polar surface area (TPSA) is 56.3 Å². The number of carbonyl (C=O) groups is 1. The lowest BCUT2D eigenvalue weighted by Gasteiger charge is -2.42. The van der Waals surface area contributed by atoms with E-state index < -0.39 is 23.6 Å². The highest BCUT2D eigenvalue weighted by atomic mass is 19.1. The minimum atomic E-state index is -1.16. The summed E-state index contributed by atoms with van der Waals surface area (Å²) in [6, 6.07) is 10.1. The summed E-state index contributed by atoms with van der Waals surface area (Å²) in [5, 5.41) is 9.95. The van der Waals surface area contributed by atoms with Crippen LogP contribution in [0.3, 0.4) is 0 Å². The highest BCUT2D eigenvalue weighted by molar-refractivity contribution is 5.86. The van der Waals surface area contributed by atoms with Crippen molar-refractivity contribution in [2.45, 2.75) is 38.3 Å². The molecule has 0 saturated heterocycles. The van der Waals surface area contributed by atoms with E-state index in [4.69, 9.17) is 5.11 Å². The number of carboxylic acid groups (broad SMARTS) is 1. The molecule has 0 bridgehead atoms. The van der Waals surface area contributed by atoms with Crippen molar-refractivity contribution in [3.63, 3.8) is 0 Å². The average Bonchev–Trinajstić information content (AvgIpc) is 3.56. The first kappa shape index (κ1) is 19.7. The summed E-state index contributed by atoms with van der Waals surface area (Å²) in [5.41, 5.74) is 3.54. The summed E-state index contributed by atoms with van der Waals surface area (Å²) in [6.45, 7) is 2.99. The lowest BCUT2D eigenvalue weighted by atomic mass is 9.87. The zero-order chi connectivity index (χ0) is 22.2. The van der Waals surface area contributed by atoms with Gasteiger partial charge in [-0.05, 0) is 72.9 Å². The van der Waals surface area contributed by atoms with Gasteiger partial charge in [0.05, 0.1) is 6.04 Å². The molecule has 6 rings (SSSR count). The van der Waals surface area contributed by atoms with Gasteiger partial charge < -0.3 is 10.1 Å². The molecule has 32 heavy (non-hydrogen) atoms. The van der Waals surface area contributed by atoms with Crippen LogP contribution in [0.2, 0.25) is 0 Å². The zero-order valence-corrected chi connectivity index (χ0v) is 17.7. The van der Waals surface area contributed by atoms with E-state index in [0.29, 0.717) is 5.41 Å². The fraction of sp³-hybridized carbons (Fsp3) is 0.346. The predicted octanol–water partition coefficient (Wildman–Crippen LogP) is 5.29. The zero-order valence-electron chi connectivity index (χ0n) is 17.7. The lowest BCUT2D eigenvalue weighted by Crippen LogP contribution is -2.45. The van der Waals surface area contributed by atoms with Crippen molar-refractivity contribution in [3.05, 3.63) is 76.5 Å². The molecule has 2 aromatic carbocycles. The number of fused-ring (bicyclic) bond motifs is 4. The molecular weight excluding hydrogens is 410 g/mol. The lowest BCUT2D eigenvalue weighted by molar-refractivity contribution is -0.131. The van der Waals surface area contributed by atoms with E-state index in [1.807, 2.05) is 18.2 Å². The Morgan fingerprint density at radius 1 is 1.25 bits per heavy atom. The van der Waals surface area contributed by atoms with Gasteiger partial charge in [-0.25, -0.2) is 13.6 Å². The molecule has 0 amide bonds. The number of hydrogen-bond acceptors (Lipinski definition) is 2. The Morgan fingerprint density at radius 3 is 2.59 bits per heavy atom. The van der Waals surface area contributed by atoms with E-state index in [1.165, 1.54) is 31.1 Å². The van der Waals surface area contributed by atoms with Crippen LogP contribution in [0.4, 0.5) is 8.78 Å². The van der Waals surface area contributed by atoms with Crippen LogP contribution in [0.5, 0.6) is 0 Å². The molecule has 164 valence electrons. The second kappa shape index (κ2) is 6.75. The first-order chi connectivity index (χ1) is 15.4. The average molecular weight is 434 g/mol. The third-order valence-corrected chi connectivity index (χ3v) is 7.66. The van der Waals surface area contributed by atoms with Crippen LogP contribution < -0.4 is 0 Å². The fourth-order valence-corrected chi connectivity index (χ4v) is 5.62. The number of benzene rings is 2. The largest absolute Gasteiger partial charge is 0.478 e. The van der Waals surface area contributed by atoms with E-state index in [9.17, 15) is 4.79 Å². The molecule has 6 heteroatoms. The van der Waals surface area contributed by atoms with Gasteiger partial charge in [0, 0.05) is 40.8 Å². The van der Waals surface area contributed by atoms with Crippen molar-refractivity contribution in [1.29, 1.82) is 0 Å². The summed E-state index contributed by atoms with van der Waals surface area (Å²) in [4.78, 5) is 16.6. The summed E-state index contributed by atoms with van der Waals surface area (Å²) < 4.78 is 30.9. The Balaban J connectivity index is 1.51. The number of H-pyrrole nitrogens is 1. The number of carboxylic acids is 1. The maximum atomic E-state index is 15.5. The van der Waals surface area contributed by atoms with Gasteiger partial charge in [0.2, 0.25) is 0 Å². The second-order valence-corrected chi connectivity index (χ2v) is 9.73. The fourth-order valence-electron chi connectivity index (χ4n) is 5.62. The van der Waals surface area contributed by atoms with Gasteiger partial charge in [-0.2, -0.15) is 0 Å². The Kier molecular flexibility index (Phi) is 4.15. The van der Waals surface area contributed by atoms with Crippen molar-refractivity contribution >= 4 is 22.9 Å². The number of aliphatic carboxylic acids is 1. The number of aromatic amines is 1. The standard InChI is InChI=1S/C26H24F2N2O2/c1-14-8-18-17-4-2-3-5-21(17)29-24(18)25(30(14)13-26-11-16(26)12-26)23-19(27)9-15(10-20(23)28)6-7-22(31)32/h2-7,9-10,14,16,25,29H,8,11-13H2,1H3,(H,31,32)/b7-6+. The SMILES string of the molecule is CC1Cc2c([nH]c3ccccc23)C(c2c(F)cc(/C=C/C(=O)O)cc2F)N1CC12CC1C2. The number of aromatic nitrogens is 1. The van der Waals surface area contributed by atoms with E-state index in [2.05, 4.69) is 22.9 Å². The Morgan fingerprint density at radius 2 is 1.94 bits per heavy atom. The Bertz CT molecular complexity index is 1270. The molecule has 2 atom stereocenters. The maximum absolute atomic E-state index is 15.5. The second-order valence-electron chi connectivity index (χ2n) is 9.73. The molecule has 2 N–H and O–H groups in total. The number of nitrogens with one attached hydrogen (secondary N) is 1. The van der Waals surface area contributed by atoms with Gasteiger partial charge in [-0.3, -0.25) is 4.90 Å². The molecule has 2 aliphatic carbocycles. The minimum absolute atomic E-state index is 0.0334. The molecule has 0 spiro atoms. The first-order valence-corrected chi connectivity index (χ1v) is 11.1.